The highest BCUT2D eigenvalue weighted by atomic mass is 19.1. The molecule has 1 aromatic heterocycles. The standard InChI is InChI=1S/C22H25FN2O/c1-26-22-11-5-2-7-16(22)8-6-12-25-14-19(20(23)15-25)18-13-24-21-10-4-3-9-17(18)21/h2-5,7,9-11,13,19-20,24H,6,8,12,14-15H2,1H3. The molecule has 1 aliphatic heterocycles. The number of aryl methyl sites for hydroxylation is 1. The average Bonchev–Trinajstić information content (AvgIpc) is 3.25. The van der Waals surface area contributed by atoms with Crippen LogP contribution in [0.5, 0.6) is 5.75 Å². The zero-order chi connectivity index (χ0) is 17.9. The predicted octanol–water partition coefficient (Wildman–Crippen LogP) is 4.55. The second kappa shape index (κ2) is 7.50. The first-order valence-corrected chi connectivity index (χ1v) is 9.30. The summed E-state index contributed by atoms with van der Waals surface area (Å²) in [6, 6.07) is 16.3. The van der Waals surface area contributed by atoms with Gasteiger partial charge in [-0.15, -0.1) is 0 Å². The van der Waals surface area contributed by atoms with Crippen LogP contribution in [0.3, 0.4) is 0 Å². The third-order valence-electron chi connectivity index (χ3n) is 5.46. The highest BCUT2D eigenvalue weighted by Crippen LogP contribution is 2.34. The van der Waals surface area contributed by atoms with Crippen molar-refractivity contribution >= 4 is 10.9 Å². The van der Waals surface area contributed by atoms with E-state index in [-0.39, 0.29) is 5.92 Å². The second-order valence-corrected chi connectivity index (χ2v) is 7.09. The van der Waals surface area contributed by atoms with Crippen LogP contribution in [0.4, 0.5) is 4.39 Å². The molecular formula is C22H25FN2O. The van der Waals surface area contributed by atoms with Crippen LogP contribution >= 0.6 is 0 Å². The number of hydrogen-bond acceptors (Lipinski definition) is 2. The molecule has 1 saturated heterocycles. The first-order chi connectivity index (χ1) is 12.8. The Morgan fingerprint density at radius 1 is 1.12 bits per heavy atom. The summed E-state index contributed by atoms with van der Waals surface area (Å²) in [5, 5.41) is 1.15. The first-order valence-electron chi connectivity index (χ1n) is 9.30. The predicted molar refractivity (Wildman–Crippen MR) is 104 cm³/mol. The van der Waals surface area contributed by atoms with Crippen LogP contribution in [0.15, 0.2) is 54.7 Å². The molecule has 2 atom stereocenters. The van der Waals surface area contributed by atoms with Gasteiger partial charge in [0.15, 0.2) is 0 Å². The lowest BCUT2D eigenvalue weighted by molar-refractivity contribution is 0.282. The van der Waals surface area contributed by atoms with Gasteiger partial charge in [-0.1, -0.05) is 36.4 Å². The van der Waals surface area contributed by atoms with Gasteiger partial charge in [0, 0.05) is 36.1 Å². The number of aromatic nitrogens is 1. The van der Waals surface area contributed by atoms with E-state index >= 15 is 0 Å². The number of nitrogens with zero attached hydrogens (tertiary/aromatic N) is 1. The number of halogens is 1. The van der Waals surface area contributed by atoms with Gasteiger partial charge >= 0.3 is 0 Å². The Kier molecular flexibility index (Phi) is 4.93. The molecule has 0 aliphatic carbocycles. The van der Waals surface area contributed by atoms with E-state index in [0.29, 0.717) is 6.54 Å². The van der Waals surface area contributed by atoms with Gasteiger partial charge in [-0.2, -0.15) is 0 Å². The number of methoxy groups -OCH3 is 1. The highest BCUT2D eigenvalue weighted by Gasteiger charge is 2.34. The molecule has 0 saturated carbocycles. The Bertz CT molecular complexity index is 875. The molecule has 1 aliphatic rings. The summed E-state index contributed by atoms with van der Waals surface area (Å²) in [6.45, 7) is 2.22. The van der Waals surface area contributed by atoms with Crippen molar-refractivity contribution in [3.05, 3.63) is 65.9 Å². The molecule has 1 N–H and O–H groups in total. The molecule has 4 heteroatoms. The number of benzene rings is 2. The molecule has 0 amide bonds. The molecule has 2 unspecified atom stereocenters. The van der Waals surface area contributed by atoms with E-state index in [1.165, 1.54) is 5.56 Å². The van der Waals surface area contributed by atoms with Crippen LogP contribution in [0.25, 0.3) is 10.9 Å². The molecule has 26 heavy (non-hydrogen) atoms. The summed E-state index contributed by atoms with van der Waals surface area (Å²) in [6.07, 6.45) is 3.14. The molecule has 0 spiro atoms. The van der Waals surface area contributed by atoms with Gasteiger partial charge in [-0.05, 0) is 42.6 Å². The van der Waals surface area contributed by atoms with Crippen LogP contribution in [0.1, 0.15) is 23.5 Å². The van der Waals surface area contributed by atoms with Crippen LogP contribution in [-0.4, -0.2) is 42.8 Å². The van der Waals surface area contributed by atoms with Crippen LogP contribution in [0, 0.1) is 0 Å². The molecule has 2 aromatic carbocycles. The van der Waals surface area contributed by atoms with Crippen molar-refractivity contribution in [2.45, 2.75) is 24.9 Å². The summed E-state index contributed by atoms with van der Waals surface area (Å²) in [5.41, 5.74) is 3.42. The van der Waals surface area contributed by atoms with E-state index in [1.807, 2.05) is 42.6 Å². The van der Waals surface area contributed by atoms with Crippen molar-refractivity contribution in [2.75, 3.05) is 26.7 Å². The molecule has 136 valence electrons. The Morgan fingerprint density at radius 2 is 1.92 bits per heavy atom. The minimum Gasteiger partial charge on any atom is -0.496 e. The summed E-state index contributed by atoms with van der Waals surface area (Å²) < 4.78 is 20.1. The van der Waals surface area contributed by atoms with Gasteiger partial charge in [-0.3, -0.25) is 4.90 Å². The van der Waals surface area contributed by atoms with Crippen molar-refractivity contribution < 1.29 is 9.13 Å². The number of H-pyrrole nitrogens is 1. The van der Waals surface area contributed by atoms with Gasteiger partial charge in [-0.25, -0.2) is 4.39 Å². The topological polar surface area (TPSA) is 28.3 Å². The van der Waals surface area contributed by atoms with E-state index in [4.69, 9.17) is 4.74 Å². The van der Waals surface area contributed by atoms with Gasteiger partial charge in [0.05, 0.1) is 7.11 Å². The maximum Gasteiger partial charge on any atom is 0.122 e. The van der Waals surface area contributed by atoms with Crippen LogP contribution in [-0.2, 0) is 6.42 Å². The Labute approximate surface area is 153 Å². The monoisotopic (exact) mass is 352 g/mol. The highest BCUT2D eigenvalue weighted by molar-refractivity contribution is 5.83. The fourth-order valence-electron chi connectivity index (χ4n) is 4.12. The maximum absolute atomic E-state index is 14.7. The summed E-state index contributed by atoms with van der Waals surface area (Å²) in [7, 11) is 1.71. The van der Waals surface area contributed by atoms with Crippen molar-refractivity contribution in [2.24, 2.45) is 0 Å². The third kappa shape index (κ3) is 3.34. The largest absolute Gasteiger partial charge is 0.496 e. The lowest BCUT2D eigenvalue weighted by Crippen LogP contribution is -2.22. The Morgan fingerprint density at radius 3 is 2.81 bits per heavy atom. The van der Waals surface area contributed by atoms with Crippen molar-refractivity contribution in [3.8, 4) is 5.75 Å². The van der Waals surface area contributed by atoms with Gasteiger partial charge in [0.1, 0.15) is 11.9 Å². The minimum absolute atomic E-state index is 0.0441. The smallest absolute Gasteiger partial charge is 0.122 e. The fourth-order valence-corrected chi connectivity index (χ4v) is 4.12. The third-order valence-corrected chi connectivity index (χ3v) is 5.46. The molecule has 1 fully saturated rings. The van der Waals surface area contributed by atoms with Crippen molar-refractivity contribution in [3.63, 3.8) is 0 Å². The normalized spacial score (nSPS) is 20.7. The van der Waals surface area contributed by atoms with E-state index < -0.39 is 6.17 Å². The molecular weight excluding hydrogens is 327 g/mol. The molecule has 0 radical (unpaired) electrons. The summed E-state index contributed by atoms with van der Waals surface area (Å²) >= 11 is 0. The minimum atomic E-state index is -0.805. The molecule has 0 bridgehead atoms. The van der Waals surface area contributed by atoms with Gasteiger partial charge in [0.25, 0.3) is 0 Å². The molecule has 2 heterocycles. The second-order valence-electron chi connectivity index (χ2n) is 7.09. The van der Waals surface area contributed by atoms with Crippen molar-refractivity contribution in [1.29, 1.82) is 0 Å². The molecule has 4 rings (SSSR count). The number of fused-ring (bicyclic) bond motifs is 1. The average molecular weight is 352 g/mol. The van der Waals surface area contributed by atoms with E-state index in [9.17, 15) is 4.39 Å². The van der Waals surface area contributed by atoms with Gasteiger partial charge < -0.3 is 9.72 Å². The van der Waals surface area contributed by atoms with Crippen LogP contribution < -0.4 is 4.74 Å². The van der Waals surface area contributed by atoms with Crippen LogP contribution in [0.2, 0.25) is 0 Å². The number of hydrogen-bond donors (Lipinski definition) is 1. The first kappa shape index (κ1) is 17.1. The molecule has 3 nitrogen and oxygen atoms in total. The molecule has 3 aromatic rings. The zero-order valence-corrected chi connectivity index (χ0v) is 15.1. The van der Waals surface area contributed by atoms with Crippen molar-refractivity contribution in [1.82, 2.24) is 9.88 Å². The number of alkyl halides is 1. The summed E-state index contributed by atoms with van der Waals surface area (Å²) in [4.78, 5) is 5.54. The summed E-state index contributed by atoms with van der Waals surface area (Å²) in [5.74, 6) is 0.895. The zero-order valence-electron chi connectivity index (χ0n) is 15.1. The number of rotatable bonds is 6. The number of likely N-dealkylation sites (tertiary alicyclic amines) is 1. The fraction of sp³-hybridized carbons (Fsp3) is 0.364. The SMILES string of the molecule is COc1ccccc1CCCN1CC(F)C(c2c[nH]c3ccccc23)C1. The van der Waals surface area contributed by atoms with E-state index in [0.717, 1.165) is 48.1 Å². The van der Waals surface area contributed by atoms with E-state index in [1.54, 1.807) is 7.11 Å². The Balaban J connectivity index is 1.38. The maximum atomic E-state index is 14.7. The quantitative estimate of drug-likeness (QED) is 0.705. The Hall–Kier alpha value is -2.33. The van der Waals surface area contributed by atoms with E-state index in [2.05, 4.69) is 22.0 Å². The lowest BCUT2D eigenvalue weighted by Gasteiger charge is -2.16. The lowest BCUT2D eigenvalue weighted by atomic mass is 9.96. The number of aromatic amines is 1. The number of ether oxygens (including phenoxy) is 1. The number of nitrogens with one attached hydrogen (secondary N) is 1. The van der Waals surface area contributed by atoms with Gasteiger partial charge in [0.2, 0.25) is 0 Å². The number of para-hydroxylation sites is 2.